The number of nitrogen functional groups attached to an aromatic ring is 1. The zero-order valence-electron chi connectivity index (χ0n) is 16.6. The van der Waals surface area contributed by atoms with Crippen molar-refractivity contribution >= 4 is 25.3 Å². The van der Waals surface area contributed by atoms with Crippen LogP contribution in [0.15, 0.2) is 54.6 Å². The van der Waals surface area contributed by atoms with Crippen molar-refractivity contribution in [1.82, 2.24) is 5.32 Å². The van der Waals surface area contributed by atoms with Crippen LogP contribution in [0, 0.1) is 5.92 Å². The molecule has 1 amide bonds. The number of benzene rings is 2. The van der Waals surface area contributed by atoms with E-state index in [9.17, 15) is 24.2 Å². The summed E-state index contributed by atoms with van der Waals surface area (Å²) < 4.78 is 23.1. The van der Waals surface area contributed by atoms with Gasteiger partial charge in [-0.25, -0.2) is 9.59 Å². The summed E-state index contributed by atoms with van der Waals surface area (Å²) in [4.78, 5) is 34.3. The van der Waals surface area contributed by atoms with E-state index in [-0.39, 0.29) is 17.9 Å². The van der Waals surface area contributed by atoms with Crippen LogP contribution in [0.1, 0.15) is 31.1 Å². The highest BCUT2D eigenvalue weighted by atomic mass is 31.2. The number of rotatable bonds is 9. The Bertz CT molecular complexity index is 920. The van der Waals surface area contributed by atoms with Gasteiger partial charge in [-0.1, -0.05) is 56.3 Å². The molecular weight excluding hydrogens is 411 g/mol. The molecule has 0 aliphatic carbocycles. The van der Waals surface area contributed by atoms with E-state index >= 15 is 0 Å². The van der Waals surface area contributed by atoms with Crippen LogP contribution in [0.4, 0.5) is 10.5 Å². The van der Waals surface area contributed by atoms with Gasteiger partial charge in [-0.05, 0) is 29.2 Å². The molecule has 162 valence electrons. The average Bonchev–Trinajstić information content (AvgIpc) is 2.69. The molecule has 9 nitrogen and oxygen atoms in total. The summed E-state index contributed by atoms with van der Waals surface area (Å²) in [6, 6.07) is 14.7. The maximum Gasteiger partial charge on any atom is 0.408 e. The molecule has 5 N–H and O–H groups in total. The van der Waals surface area contributed by atoms with Gasteiger partial charge in [-0.2, -0.15) is 0 Å². The number of anilines is 1. The molecule has 3 unspecified atom stereocenters. The minimum absolute atomic E-state index is 0.0326. The van der Waals surface area contributed by atoms with Crippen LogP contribution in [0.3, 0.4) is 0 Å². The molecule has 2 aromatic carbocycles. The van der Waals surface area contributed by atoms with E-state index in [1.54, 1.807) is 44.2 Å². The number of carboxylic acid groups (broad SMARTS) is 1. The van der Waals surface area contributed by atoms with E-state index in [0.717, 1.165) is 5.56 Å². The molecule has 0 spiro atoms. The van der Waals surface area contributed by atoms with E-state index in [1.165, 1.54) is 18.2 Å². The van der Waals surface area contributed by atoms with Crippen LogP contribution in [0.5, 0.6) is 0 Å². The highest BCUT2D eigenvalue weighted by Crippen LogP contribution is 2.52. The van der Waals surface area contributed by atoms with Gasteiger partial charge in [0.05, 0.1) is 0 Å². The van der Waals surface area contributed by atoms with Gasteiger partial charge in [0.1, 0.15) is 12.4 Å². The summed E-state index contributed by atoms with van der Waals surface area (Å²) in [6.07, 6.45) is -2.67. The molecule has 0 aliphatic heterocycles. The zero-order valence-corrected chi connectivity index (χ0v) is 17.5. The number of aliphatic carboxylic acids is 1. The molecule has 0 bridgehead atoms. The van der Waals surface area contributed by atoms with Crippen molar-refractivity contribution in [3.05, 3.63) is 65.7 Å². The second-order valence-corrected chi connectivity index (χ2v) is 8.85. The second-order valence-electron chi connectivity index (χ2n) is 6.95. The summed E-state index contributed by atoms with van der Waals surface area (Å²) in [6.45, 7) is 3.14. The number of carbonyl (C=O) groups is 2. The lowest BCUT2D eigenvalue weighted by Crippen LogP contribution is -2.39. The van der Waals surface area contributed by atoms with Gasteiger partial charge in [0.15, 0.2) is 6.10 Å². The van der Waals surface area contributed by atoms with Crippen molar-refractivity contribution in [2.24, 2.45) is 5.92 Å². The van der Waals surface area contributed by atoms with Crippen LogP contribution in [0.2, 0.25) is 0 Å². The molecule has 0 aliphatic rings. The number of ether oxygens (including phenoxy) is 1. The van der Waals surface area contributed by atoms with Gasteiger partial charge in [-0.3, -0.25) is 9.09 Å². The minimum atomic E-state index is -4.63. The van der Waals surface area contributed by atoms with Crippen molar-refractivity contribution in [1.29, 1.82) is 0 Å². The monoisotopic (exact) mass is 436 g/mol. The van der Waals surface area contributed by atoms with Crippen LogP contribution in [-0.4, -0.2) is 27.8 Å². The van der Waals surface area contributed by atoms with Crippen LogP contribution >= 0.6 is 7.60 Å². The van der Waals surface area contributed by atoms with Gasteiger partial charge in [0.25, 0.3) is 0 Å². The first-order chi connectivity index (χ1) is 14.1. The first kappa shape index (κ1) is 23.4. The third-order valence-corrected chi connectivity index (χ3v) is 6.10. The number of nitrogens with one attached hydrogen (secondary N) is 1. The van der Waals surface area contributed by atoms with Crippen LogP contribution in [-0.2, 0) is 25.2 Å². The van der Waals surface area contributed by atoms with E-state index in [1.807, 2.05) is 6.07 Å². The predicted molar refractivity (Wildman–Crippen MR) is 111 cm³/mol. The maximum absolute atomic E-state index is 12.9. The molecule has 0 radical (unpaired) electrons. The SMILES string of the molecule is CC(C)C(NC(=O)OCc1ccccc1)P(=O)(O)OC(C(=O)O)c1cccc(N)c1. The summed E-state index contributed by atoms with van der Waals surface area (Å²) >= 11 is 0. The van der Waals surface area contributed by atoms with Gasteiger partial charge < -0.3 is 25.8 Å². The molecule has 30 heavy (non-hydrogen) atoms. The highest BCUT2D eigenvalue weighted by Gasteiger charge is 2.41. The molecule has 0 fully saturated rings. The topological polar surface area (TPSA) is 148 Å². The Labute approximate surface area is 174 Å². The lowest BCUT2D eigenvalue weighted by Gasteiger charge is -2.28. The Morgan fingerprint density at radius 3 is 2.37 bits per heavy atom. The first-order valence-corrected chi connectivity index (χ1v) is 10.8. The predicted octanol–water partition coefficient (Wildman–Crippen LogP) is 3.51. The number of hydrogen-bond acceptors (Lipinski definition) is 6. The van der Waals surface area contributed by atoms with E-state index < -0.39 is 37.5 Å². The number of amides is 1. The van der Waals surface area contributed by atoms with E-state index in [2.05, 4.69) is 5.32 Å². The normalized spacial score (nSPS) is 15.1. The Morgan fingerprint density at radius 1 is 1.13 bits per heavy atom. The third-order valence-electron chi connectivity index (χ3n) is 4.16. The zero-order chi connectivity index (χ0) is 22.3. The molecule has 3 atom stereocenters. The molecule has 10 heteroatoms. The lowest BCUT2D eigenvalue weighted by molar-refractivity contribution is -0.145. The standard InChI is InChI=1S/C20H25N2O7P/c1-13(2)18(22-20(25)28-12-14-7-4-3-5-8-14)30(26,27)29-17(19(23)24)15-9-6-10-16(21)11-15/h3-11,13,17-18H,12,21H2,1-2H3,(H,22,25)(H,23,24)(H,26,27). The fourth-order valence-electron chi connectivity index (χ4n) is 2.70. The van der Waals surface area contributed by atoms with Gasteiger partial charge in [0, 0.05) is 5.69 Å². The van der Waals surface area contributed by atoms with Crippen LogP contribution < -0.4 is 11.1 Å². The summed E-state index contributed by atoms with van der Waals surface area (Å²) in [7, 11) is -4.63. The van der Waals surface area contributed by atoms with Gasteiger partial charge >= 0.3 is 19.7 Å². The molecule has 0 saturated heterocycles. The highest BCUT2D eigenvalue weighted by molar-refractivity contribution is 7.53. The Morgan fingerprint density at radius 2 is 1.80 bits per heavy atom. The maximum atomic E-state index is 12.9. The molecule has 0 heterocycles. The molecule has 2 rings (SSSR count). The second kappa shape index (κ2) is 10.2. The fourth-order valence-corrected chi connectivity index (χ4v) is 4.36. The van der Waals surface area contributed by atoms with Crippen molar-refractivity contribution in [2.45, 2.75) is 32.3 Å². The molecule has 0 aromatic heterocycles. The lowest BCUT2D eigenvalue weighted by atomic mass is 10.1. The number of hydrogen-bond donors (Lipinski definition) is 4. The van der Waals surface area contributed by atoms with E-state index in [0.29, 0.717) is 0 Å². The van der Waals surface area contributed by atoms with Gasteiger partial charge in [0.2, 0.25) is 0 Å². The minimum Gasteiger partial charge on any atom is -0.479 e. The summed E-state index contributed by atoms with van der Waals surface area (Å²) in [5.41, 5.74) is 6.78. The summed E-state index contributed by atoms with van der Waals surface area (Å²) in [5, 5.41) is 11.8. The molecule has 0 saturated carbocycles. The largest absolute Gasteiger partial charge is 0.479 e. The summed E-state index contributed by atoms with van der Waals surface area (Å²) in [5.74, 6) is -3.41. The fraction of sp³-hybridized carbons (Fsp3) is 0.300. The van der Waals surface area contributed by atoms with Crippen molar-refractivity contribution in [3.8, 4) is 0 Å². The number of nitrogens with two attached hydrogens (primary N) is 1. The van der Waals surface area contributed by atoms with Crippen molar-refractivity contribution in [3.63, 3.8) is 0 Å². The quantitative estimate of drug-likeness (QED) is 0.345. The number of carboxylic acids is 1. The Kier molecular flexibility index (Phi) is 8.00. The van der Waals surface area contributed by atoms with E-state index in [4.69, 9.17) is 15.0 Å². The molecular formula is C20H25N2O7P. The van der Waals surface area contributed by atoms with Gasteiger partial charge in [-0.15, -0.1) is 0 Å². The smallest absolute Gasteiger partial charge is 0.408 e. The number of carbonyl (C=O) groups excluding carboxylic acids is 1. The van der Waals surface area contributed by atoms with Crippen LogP contribution in [0.25, 0.3) is 0 Å². The Balaban J connectivity index is 2.12. The number of alkyl carbamates (subject to hydrolysis) is 1. The van der Waals surface area contributed by atoms with Crippen molar-refractivity contribution in [2.75, 3.05) is 5.73 Å². The third kappa shape index (κ3) is 6.59. The molecule has 2 aromatic rings. The Hall–Kier alpha value is -2.87. The first-order valence-electron chi connectivity index (χ1n) is 9.16. The average molecular weight is 436 g/mol. The van der Waals surface area contributed by atoms with Crippen molar-refractivity contribution < 1.29 is 33.4 Å².